The number of anilines is 2. The highest BCUT2D eigenvalue weighted by Gasteiger charge is 2.34. The maximum atomic E-state index is 13.4. The van der Waals surface area contributed by atoms with Crippen molar-refractivity contribution in [1.29, 1.82) is 0 Å². The summed E-state index contributed by atoms with van der Waals surface area (Å²) in [6, 6.07) is 8.41. The molecule has 166 valence electrons. The molecule has 1 aromatic carbocycles. The monoisotopic (exact) mass is 465 g/mol. The number of ether oxygens (including phenoxy) is 2. The van der Waals surface area contributed by atoms with Gasteiger partial charge in [0.05, 0.1) is 13.2 Å². The number of nitrogens with zero attached hydrogens (tertiary/aromatic N) is 3. The lowest BCUT2D eigenvalue weighted by atomic mass is 9.74. The van der Waals surface area contributed by atoms with Crippen molar-refractivity contribution in [3.8, 4) is 0 Å². The molecule has 10 heteroatoms. The normalized spacial score (nSPS) is 18.5. The van der Waals surface area contributed by atoms with Crippen molar-refractivity contribution in [3.63, 3.8) is 0 Å². The summed E-state index contributed by atoms with van der Waals surface area (Å²) >= 11 is 11.7. The van der Waals surface area contributed by atoms with E-state index in [2.05, 4.69) is 25.5 Å². The predicted molar refractivity (Wildman–Crippen MR) is 122 cm³/mol. The molecule has 0 atom stereocenters. The van der Waals surface area contributed by atoms with E-state index in [1.54, 1.807) is 6.07 Å². The molecular weight excluding hydrogens is 441 g/mol. The highest BCUT2D eigenvalue weighted by molar-refractivity contribution is 7.80. The SMILES string of the molecule is Fc1ccc(C2(CNC(=S)Nc3nc(Cl)cc(N4CCOCC4)n3)CCOCC2)cc1. The van der Waals surface area contributed by atoms with Crippen LogP contribution in [-0.4, -0.2) is 61.1 Å². The van der Waals surface area contributed by atoms with Crippen LogP contribution < -0.4 is 15.5 Å². The fraction of sp³-hybridized carbons (Fsp3) is 0.476. The molecule has 2 aromatic rings. The Balaban J connectivity index is 1.43. The molecule has 7 nitrogen and oxygen atoms in total. The maximum Gasteiger partial charge on any atom is 0.232 e. The van der Waals surface area contributed by atoms with Crippen molar-refractivity contribution in [2.45, 2.75) is 18.3 Å². The summed E-state index contributed by atoms with van der Waals surface area (Å²) in [5.41, 5.74) is 0.882. The van der Waals surface area contributed by atoms with Gasteiger partial charge in [0.25, 0.3) is 0 Å². The van der Waals surface area contributed by atoms with Crippen LogP contribution in [0.5, 0.6) is 0 Å². The zero-order valence-electron chi connectivity index (χ0n) is 17.1. The second-order valence-corrected chi connectivity index (χ2v) is 8.47. The third kappa shape index (κ3) is 5.60. The summed E-state index contributed by atoms with van der Waals surface area (Å²) in [5.74, 6) is 0.834. The molecule has 2 aliphatic rings. The minimum absolute atomic E-state index is 0.189. The number of rotatable bonds is 5. The molecule has 0 amide bonds. The fourth-order valence-electron chi connectivity index (χ4n) is 3.94. The standard InChI is InChI=1S/C21H25ClFN5O2S/c22-17-13-18(28-7-11-30-12-8-28)26-19(25-17)27-20(31)24-14-21(5-9-29-10-6-21)15-1-3-16(23)4-2-15/h1-4,13H,5-12,14H2,(H2,24,25,26,27,31). The van der Waals surface area contributed by atoms with Gasteiger partial charge in [0.2, 0.25) is 5.95 Å². The number of hydrogen-bond donors (Lipinski definition) is 2. The Kier molecular flexibility index (Phi) is 7.16. The summed E-state index contributed by atoms with van der Waals surface area (Å²) in [6.07, 6.45) is 1.65. The van der Waals surface area contributed by atoms with Crippen LogP contribution in [0.25, 0.3) is 0 Å². The largest absolute Gasteiger partial charge is 0.381 e. The van der Waals surface area contributed by atoms with Gasteiger partial charge < -0.3 is 25.0 Å². The Morgan fingerprint density at radius 3 is 2.48 bits per heavy atom. The van der Waals surface area contributed by atoms with Gasteiger partial charge >= 0.3 is 0 Å². The van der Waals surface area contributed by atoms with Gasteiger partial charge in [0, 0.05) is 44.3 Å². The number of thiocarbonyl (C=S) groups is 1. The molecule has 0 aliphatic carbocycles. The molecule has 0 unspecified atom stereocenters. The molecule has 0 saturated carbocycles. The van der Waals surface area contributed by atoms with Crippen molar-refractivity contribution in [2.75, 3.05) is 56.3 Å². The zero-order valence-corrected chi connectivity index (χ0v) is 18.6. The van der Waals surface area contributed by atoms with E-state index in [4.69, 9.17) is 33.3 Å². The van der Waals surface area contributed by atoms with E-state index in [0.717, 1.165) is 37.3 Å². The van der Waals surface area contributed by atoms with E-state index in [1.807, 2.05) is 12.1 Å². The number of hydrogen-bond acceptors (Lipinski definition) is 6. The topological polar surface area (TPSA) is 71.5 Å². The molecule has 1 aromatic heterocycles. The molecule has 2 fully saturated rings. The summed E-state index contributed by atoms with van der Waals surface area (Å²) in [5, 5.41) is 7.08. The van der Waals surface area contributed by atoms with Crippen LogP contribution >= 0.6 is 23.8 Å². The molecule has 0 spiro atoms. The molecule has 2 aliphatic heterocycles. The molecule has 0 radical (unpaired) electrons. The number of aromatic nitrogens is 2. The van der Waals surface area contributed by atoms with Gasteiger partial charge in [-0.3, -0.25) is 0 Å². The first-order chi connectivity index (χ1) is 15.0. The predicted octanol–water partition coefficient (Wildman–Crippen LogP) is 3.14. The van der Waals surface area contributed by atoms with Crippen molar-refractivity contribution in [1.82, 2.24) is 15.3 Å². The summed E-state index contributed by atoms with van der Waals surface area (Å²) in [7, 11) is 0. The van der Waals surface area contributed by atoms with Gasteiger partial charge in [-0.15, -0.1) is 0 Å². The minimum atomic E-state index is -0.245. The second kappa shape index (κ2) is 10.0. The van der Waals surface area contributed by atoms with E-state index in [0.29, 0.717) is 49.2 Å². The van der Waals surface area contributed by atoms with Gasteiger partial charge in [0.1, 0.15) is 16.8 Å². The first kappa shape index (κ1) is 22.1. The molecule has 31 heavy (non-hydrogen) atoms. The van der Waals surface area contributed by atoms with Crippen LogP contribution in [-0.2, 0) is 14.9 Å². The molecular formula is C21H25ClFN5O2S. The van der Waals surface area contributed by atoms with E-state index < -0.39 is 0 Å². The molecule has 4 rings (SSSR count). The zero-order chi connectivity index (χ0) is 21.7. The third-order valence-electron chi connectivity index (χ3n) is 5.74. The Morgan fingerprint density at radius 1 is 1.10 bits per heavy atom. The van der Waals surface area contributed by atoms with Gasteiger partial charge in [-0.2, -0.15) is 4.98 Å². The fourth-order valence-corrected chi connectivity index (χ4v) is 4.29. The van der Waals surface area contributed by atoms with Crippen molar-refractivity contribution >= 4 is 40.7 Å². The number of benzene rings is 1. The van der Waals surface area contributed by atoms with Crippen LogP contribution in [0.4, 0.5) is 16.2 Å². The average Bonchev–Trinajstić information content (AvgIpc) is 2.79. The first-order valence-electron chi connectivity index (χ1n) is 10.3. The number of halogens is 2. The van der Waals surface area contributed by atoms with E-state index in [9.17, 15) is 4.39 Å². The molecule has 3 heterocycles. The van der Waals surface area contributed by atoms with E-state index >= 15 is 0 Å². The summed E-state index contributed by atoms with van der Waals surface area (Å²) < 4.78 is 24.4. The summed E-state index contributed by atoms with van der Waals surface area (Å²) in [6.45, 7) is 4.69. The van der Waals surface area contributed by atoms with Gasteiger partial charge in [0.15, 0.2) is 5.11 Å². The van der Waals surface area contributed by atoms with Crippen LogP contribution in [0.1, 0.15) is 18.4 Å². The van der Waals surface area contributed by atoms with Crippen LogP contribution in [0.15, 0.2) is 30.3 Å². The van der Waals surface area contributed by atoms with Crippen molar-refractivity contribution in [2.24, 2.45) is 0 Å². The lowest BCUT2D eigenvalue weighted by molar-refractivity contribution is 0.0515. The Labute approximate surface area is 191 Å². The average molecular weight is 466 g/mol. The van der Waals surface area contributed by atoms with Crippen LogP contribution in [0, 0.1) is 5.82 Å². The Morgan fingerprint density at radius 2 is 1.77 bits per heavy atom. The van der Waals surface area contributed by atoms with E-state index in [-0.39, 0.29) is 11.2 Å². The summed E-state index contributed by atoms with van der Waals surface area (Å²) in [4.78, 5) is 10.9. The van der Waals surface area contributed by atoms with E-state index in [1.165, 1.54) is 12.1 Å². The maximum absolute atomic E-state index is 13.4. The Hall–Kier alpha value is -2.07. The molecule has 2 N–H and O–H groups in total. The number of morpholine rings is 1. The highest BCUT2D eigenvalue weighted by atomic mass is 35.5. The van der Waals surface area contributed by atoms with Gasteiger partial charge in [-0.1, -0.05) is 23.7 Å². The Bertz CT molecular complexity index is 905. The highest BCUT2D eigenvalue weighted by Crippen LogP contribution is 2.34. The smallest absolute Gasteiger partial charge is 0.232 e. The first-order valence-corrected chi connectivity index (χ1v) is 11.1. The van der Waals surface area contributed by atoms with Crippen molar-refractivity contribution < 1.29 is 13.9 Å². The lowest BCUT2D eigenvalue weighted by Gasteiger charge is -2.38. The van der Waals surface area contributed by atoms with Gasteiger partial charge in [-0.05, 0) is 42.8 Å². The molecule has 2 saturated heterocycles. The quantitative estimate of drug-likeness (QED) is 0.515. The number of nitrogens with one attached hydrogen (secondary N) is 2. The van der Waals surface area contributed by atoms with Crippen LogP contribution in [0.2, 0.25) is 5.15 Å². The lowest BCUT2D eigenvalue weighted by Crippen LogP contribution is -2.45. The molecule has 0 bridgehead atoms. The third-order valence-corrected chi connectivity index (χ3v) is 6.18. The van der Waals surface area contributed by atoms with Crippen molar-refractivity contribution in [3.05, 3.63) is 46.9 Å². The minimum Gasteiger partial charge on any atom is -0.381 e. The van der Waals surface area contributed by atoms with Gasteiger partial charge in [-0.25, -0.2) is 9.37 Å². The second-order valence-electron chi connectivity index (χ2n) is 7.68. The van der Waals surface area contributed by atoms with Crippen LogP contribution in [0.3, 0.4) is 0 Å².